The smallest absolute Gasteiger partial charge is 0.202 e. The fourth-order valence-corrected chi connectivity index (χ4v) is 1.71. The van der Waals surface area contributed by atoms with Crippen LogP contribution in [-0.4, -0.2) is 18.0 Å². The zero-order valence-electron chi connectivity index (χ0n) is 8.85. The molecule has 1 aliphatic heterocycles. The molecular formula is C12H16O3. The average molecular weight is 208 g/mol. The summed E-state index contributed by atoms with van der Waals surface area (Å²) in [7, 11) is 0. The van der Waals surface area contributed by atoms with E-state index in [0.717, 1.165) is 25.2 Å². The summed E-state index contributed by atoms with van der Waals surface area (Å²) in [6.07, 6.45) is 2.10. The summed E-state index contributed by atoms with van der Waals surface area (Å²) in [6.45, 7) is 2.90. The molecule has 2 rings (SSSR count). The minimum absolute atomic E-state index is 0.150. The molecule has 1 fully saturated rings. The summed E-state index contributed by atoms with van der Waals surface area (Å²) in [4.78, 5) is 0. The highest BCUT2D eigenvalue weighted by molar-refractivity contribution is 5.30. The maximum atomic E-state index is 9.13. The molecule has 0 bridgehead atoms. The van der Waals surface area contributed by atoms with Gasteiger partial charge in [-0.25, -0.2) is 0 Å². The maximum absolute atomic E-state index is 9.13. The summed E-state index contributed by atoms with van der Waals surface area (Å²) >= 11 is 0. The summed E-state index contributed by atoms with van der Waals surface area (Å²) in [5.41, 5.74) is 0. The number of benzene rings is 1. The zero-order valence-corrected chi connectivity index (χ0v) is 8.85. The van der Waals surface area contributed by atoms with E-state index in [1.54, 1.807) is 24.3 Å². The van der Waals surface area contributed by atoms with Crippen molar-refractivity contribution in [3.8, 4) is 11.5 Å². The Bertz CT molecular complexity index is 307. The Hall–Kier alpha value is -1.22. The molecule has 1 aromatic rings. The van der Waals surface area contributed by atoms with Crippen LogP contribution in [0.2, 0.25) is 0 Å². The molecule has 1 aliphatic rings. The van der Waals surface area contributed by atoms with Crippen LogP contribution in [0, 0.1) is 5.92 Å². The van der Waals surface area contributed by atoms with Crippen molar-refractivity contribution >= 4 is 0 Å². The van der Waals surface area contributed by atoms with Crippen LogP contribution in [0.15, 0.2) is 24.3 Å². The third-order valence-electron chi connectivity index (χ3n) is 2.64. The SMILES string of the molecule is CC1CCCOC1Oc1ccc(O)cc1. The fraction of sp³-hybridized carbons (Fsp3) is 0.500. The van der Waals surface area contributed by atoms with Gasteiger partial charge in [0.25, 0.3) is 0 Å². The van der Waals surface area contributed by atoms with Gasteiger partial charge in [0.05, 0.1) is 6.61 Å². The normalized spacial score (nSPS) is 26.2. The van der Waals surface area contributed by atoms with Crippen LogP contribution in [0.3, 0.4) is 0 Å². The van der Waals surface area contributed by atoms with Gasteiger partial charge in [0.2, 0.25) is 6.29 Å². The fourth-order valence-electron chi connectivity index (χ4n) is 1.71. The second-order valence-corrected chi connectivity index (χ2v) is 3.97. The molecule has 0 saturated carbocycles. The van der Waals surface area contributed by atoms with Crippen molar-refractivity contribution in [3.63, 3.8) is 0 Å². The van der Waals surface area contributed by atoms with Crippen molar-refractivity contribution < 1.29 is 14.6 Å². The van der Waals surface area contributed by atoms with E-state index in [1.807, 2.05) is 0 Å². The minimum atomic E-state index is -0.150. The third kappa shape index (κ3) is 2.63. The van der Waals surface area contributed by atoms with Gasteiger partial charge < -0.3 is 14.6 Å². The molecule has 2 unspecified atom stereocenters. The monoisotopic (exact) mass is 208 g/mol. The number of ether oxygens (including phenoxy) is 2. The van der Waals surface area contributed by atoms with Crippen molar-refractivity contribution in [2.24, 2.45) is 5.92 Å². The number of aromatic hydroxyl groups is 1. The number of phenols is 1. The lowest BCUT2D eigenvalue weighted by molar-refractivity contribution is -0.136. The summed E-state index contributed by atoms with van der Waals surface area (Å²) in [6, 6.07) is 6.73. The van der Waals surface area contributed by atoms with Crippen LogP contribution in [-0.2, 0) is 4.74 Å². The molecular weight excluding hydrogens is 192 g/mol. The van der Waals surface area contributed by atoms with Gasteiger partial charge in [0, 0.05) is 5.92 Å². The second-order valence-electron chi connectivity index (χ2n) is 3.97. The van der Waals surface area contributed by atoms with Gasteiger partial charge in [0.1, 0.15) is 11.5 Å². The topological polar surface area (TPSA) is 38.7 Å². The predicted octanol–water partition coefficient (Wildman–Crippen LogP) is 2.54. The molecule has 0 radical (unpaired) electrons. The maximum Gasteiger partial charge on any atom is 0.202 e. The van der Waals surface area contributed by atoms with Crippen LogP contribution in [0.5, 0.6) is 11.5 Å². The Kier molecular flexibility index (Phi) is 3.11. The van der Waals surface area contributed by atoms with Crippen LogP contribution in [0.1, 0.15) is 19.8 Å². The zero-order chi connectivity index (χ0) is 10.7. The summed E-state index contributed by atoms with van der Waals surface area (Å²) in [5, 5.41) is 9.13. The first-order valence-electron chi connectivity index (χ1n) is 5.33. The van der Waals surface area contributed by atoms with E-state index >= 15 is 0 Å². The van der Waals surface area contributed by atoms with E-state index in [9.17, 15) is 0 Å². The van der Waals surface area contributed by atoms with Crippen LogP contribution >= 0.6 is 0 Å². The van der Waals surface area contributed by atoms with Gasteiger partial charge in [-0.1, -0.05) is 6.92 Å². The van der Waals surface area contributed by atoms with Crippen LogP contribution < -0.4 is 4.74 Å². The van der Waals surface area contributed by atoms with E-state index < -0.39 is 0 Å². The quantitative estimate of drug-likeness (QED) is 0.811. The minimum Gasteiger partial charge on any atom is -0.508 e. The number of phenolic OH excluding ortho intramolecular Hbond substituents is 1. The van der Waals surface area contributed by atoms with Crippen molar-refractivity contribution in [1.82, 2.24) is 0 Å². The Morgan fingerprint density at radius 2 is 2.07 bits per heavy atom. The van der Waals surface area contributed by atoms with E-state index in [0.29, 0.717) is 5.92 Å². The highest BCUT2D eigenvalue weighted by Gasteiger charge is 2.23. The van der Waals surface area contributed by atoms with Gasteiger partial charge in [-0.05, 0) is 37.1 Å². The Labute approximate surface area is 89.6 Å². The first kappa shape index (κ1) is 10.3. The van der Waals surface area contributed by atoms with Gasteiger partial charge in [-0.3, -0.25) is 0 Å². The highest BCUT2D eigenvalue weighted by Crippen LogP contribution is 2.24. The van der Waals surface area contributed by atoms with E-state index in [2.05, 4.69) is 6.92 Å². The van der Waals surface area contributed by atoms with Gasteiger partial charge in [-0.2, -0.15) is 0 Å². The first-order chi connectivity index (χ1) is 7.25. The van der Waals surface area contributed by atoms with E-state index in [1.165, 1.54) is 0 Å². The number of rotatable bonds is 2. The molecule has 1 aromatic carbocycles. The molecule has 0 spiro atoms. The highest BCUT2D eigenvalue weighted by atomic mass is 16.7. The predicted molar refractivity (Wildman–Crippen MR) is 56.9 cm³/mol. The third-order valence-corrected chi connectivity index (χ3v) is 2.64. The molecule has 0 aromatic heterocycles. The Morgan fingerprint density at radius 1 is 1.33 bits per heavy atom. The summed E-state index contributed by atoms with van der Waals surface area (Å²) in [5.74, 6) is 1.42. The van der Waals surface area contributed by atoms with Crippen molar-refractivity contribution in [2.45, 2.75) is 26.1 Å². The number of hydrogen-bond donors (Lipinski definition) is 1. The van der Waals surface area contributed by atoms with Gasteiger partial charge in [-0.15, -0.1) is 0 Å². The molecule has 0 amide bonds. The molecule has 3 nitrogen and oxygen atoms in total. The van der Waals surface area contributed by atoms with E-state index in [4.69, 9.17) is 14.6 Å². The molecule has 15 heavy (non-hydrogen) atoms. The molecule has 82 valence electrons. The molecule has 1 N–H and O–H groups in total. The van der Waals surface area contributed by atoms with Crippen molar-refractivity contribution in [2.75, 3.05) is 6.61 Å². The van der Waals surface area contributed by atoms with Gasteiger partial charge in [0.15, 0.2) is 0 Å². The van der Waals surface area contributed by atoms with Crippen molar-refractivity contribution in [3.05, 3.63) is 24.3 Å². The average Bonchev–Trinajstić information content (AvgIpc) is 2.25. The Morgan fingerprint density at radius 3 is 2.73 bits per heavy atom. The molecule has 2 atom stereocenters. The second kappa shape index (κ2) is 4.53. The lowest BCUT2D eigenvalue weighted by atomic mass is 10.0. The first-order valence-corrected chi connectivity index (χ1v) is 5.33. The lowest BCUT2D eigenvalue weighted by Crippen LogP contribution is -2.32. The van der Waals surface area contributed by atoms with Crippen LogP contribution in [0.25, 0.3) is 0 Å². The number of hydrogen-bond acceptors (Lipinski definition) is 3. The molecule has 1 heterocycles. The largest absolute Gasteiger partial charge is 0.508 e. The molecule has 0 aliphatic carbocycles. The summed E-state index contributed by atoms with van der Waals surface area (Å²) < 4.78 is 11.2. The Balaban J connectivity index is 1.98. The lowest BCUT2D eigenvalue weighted by Gasteiger charge is -2.29. The standard InChI is InChI=1S/C12H16O3/c1-9-3-2-8-14-12(9)15-11-6-4-10(13)5-7-11/h4-7,9,12-13H,2-3,8H2,1H3. The van der Waals surface area contributed by atoms with Crippen molar-refractivity contribution in [1.29, 1.82) is 0 Å². The molecule has 1 saturated heterocycles. The van der Waals surface area contributed by atoms with Gasteiger partial charge >= 0.3 is 0 Å². The van der Waals surface area contributed by atoms with E-state index in [-0.39, 0.29) is 12.0 Å². The molecule has 3 heteroatoms. The van der Waals surface area contributed by atoms with Crippen LogP contribution in [0.4, 0.5) is 0 Å².